The van der Waals surface area contributed by atoms with Gasteiger partial charge >= 0.3 is 0 Å². The van der Waals surface area contributed by atoms with Crippen molar-refractivity contribution >= 4 is 45.1 Å². The fourth-order valence-corrected chi connectivity index (χ4v) is 2.89. The summed E-state index contributed by atoms with van der Waals surface area (Å²) in [5, 5.41) is 3.92. The van der Waals surface area contributed by atoms with Crippen molar-refractivity contribution < 1.29 is 4.79 Å². The van der Waals surface area contributed by atoms with Gasteiger partial charge in [0, 0.05) is 31.9 Å². The van der Waals surface area contributed by atoms with E-state index in [4.69, 9.17) is 0 Å². The van der Waals surface area contributed by atoms with E-state index < -0.39 is 0 Å². The SMILES string of the molecule is Cc1cc(I)ccc1NC(=O)c1cccc2[nH]ccc12. The Bertz CT molecular complexity index is 792. The average Bonchev–Trinajstić information content (AvgIpc) is 2.90. The van der Waals surface area contributed by atoms with Gasteiger partial charge in [-0.2, -0.15) is 0 Å². The third kappa shape index (κ3) is 2.43. The lowest BCUT2D eigenvalue weighted by atomic mass is 10.1. The number of fused-ring (bicyclic) bond motifs is 1. The highest BCUT2D eigenvalue weighted by Crippen LogP contribution is 2.21. The van der Waals surface area contributed by atoms with Crippen molar-refractivity contribution in [2.45, 2.75) is 6.92 Å². The molecule has 4 heteroatoms. The Labute approximate surface area is 130 Å². The van der Waals surface area contributed by atoms with E-state index in [1.54, 1.807) is 0 Å². The van der Waals surface area contributed by atoms with E-state index in [2.05, 4.69) is 32.9 Å². The number of nitrogens with one attached hydrogen (secondary N) is 2. The summed E-state index contributed by atoms with van der Waals surface area (Å²) >= 11 is 2.26. The zero-order chi connectivity index (χ0) is 14.1. The Balaban J connectivity index is 1.95. The predicted octanol–water partition coefficient (Wildman–Crippen LogP) is 4.33. The van der Waals surface area contributed by atoms with E-state index in [9.17, 15) is 4.79 Å². The lowest BCUT2D eigenvalue weighted by molar-refractivity contribution is 0.102. The number of aromatic amines is 1. The Morgan fingerprint density at radius 3 is 2.85 bits per heavy atom. The molecular weight excluding hydrogens is 363 g/mol. The zero-order valence-corrected chi connectivity index (χ0v) is 13.1. The fraction of sp³-hybridized carbons (Fsp3) is 0.0625. The molecule has 1 amide bonds. The summed E-state index contributed by atoms with van der Waals surface area (Å²) in [5.41, 5.74) is 3.56. The summed E-state index contributed by atoms with van der Waals surface area (Å²) in [5.74, 6) is -0.0838. The van der Waals surface area contributed by atoms with E-state index in [0.717, 1.165) is 25.7 Å². The third-order valence-corrected chi connectivity index (χ3v) is 3.95. The van der Waals surface area contributed by atoms with E-state index in [1.807, 2.05) is 55.6 Å². The number of rotatable bonds is 2. The number of benzene rings is 2. The van der Waals surface area contributed by atoms with Gasteiger partial charge in [0.1, 0.15) is 0 Å². The molecule has 3 rings (SSSR count). The second kappa shape index (κ2) is 5.28. The molecule has 3 nitrogen and oxygen atoms in total. The van der Waals surface area contributed by atoms with Gasteiger partial charge in [0.2, 0.25) is 0 Å². The number of aryl methyl sites for hydroxylation is 1. The molecule has 3 aromatic rings. The van der Waals surface area contributed by atoms with Crippen LogP contribution in [0.4, 0.5) is 5.69 Å². The second-order valence-corrected chi connectivity index (χ2v) is 5.90. The lowest BCUT2D eigenvalue weighted by Crippen LogP contribution is -2.13. The first kappa shape index (κ1) is 13.2. The van der Waals surface area contributed by atoms with Crippen molar-refractivity contribution in [3.05, 3.63) is 63.4 Å². The van der Waals surface area contributed by atoms with Crippen molar-refractivity contribution in [3.8, 4) is 0 Å². The number of H-pyrrole nitrogens is 1. The highest BCUT2D eigenvalue weighted by atomic mass is 127. The molecule has 20 heavy (non-hydrogen) atoms. The minimum Gasteiger partial charge on any atom is -0.361 e. The van der Waals surface area contributed by atoms with Crippen molar-refractivity contribution in [3.63, 3.8) is 0 Å². The van der Waals surface area contributed by atoms with E-state index in [0.29, 0.717) is 5.56 Å². The van der Waals surface area contributed by atoms with Gasteiger partial charge in [-0.15, -0.1) is 0 Å². The average molecular weight is 376 g/mol. The monoisotopic (exact) mass is 376 g/mol. The summed E-state index contributed by atoms with van der Waals surface area (Å²) in [6.07, 6.45) is 1.84. The molecule has 0 spiro atoms. The minimum absolute atomic E-state index is 0.0838. The predicted molar refractivity (Wildman–Crippen MR) is 90.1 cm³/mol. The number of hydrogen-bond donors (Lipinski definition) is 2. The van der Waals surface area contributed by atoms with Crippen LogP contribution in [-0.4, -0.2) is 10.9 Å². The van der Waals surface area contributed by atoms with Gasteiger partial charge in [0.25, 0.3) is 5.91 Å². The quantitative estimate of drug-likeness (QED) is 0.643. The zero-order valence-electron chi connectivity index (χ0n) is 10.9. The van der Waals surface area contributed by atoms with Crippen molar-refractivity contribution in [1.29, 1.82) is 0 Å². The molecule has 1 heterocycles. The van der Waals surface area contributed by atoms with Crippen LogP contribution in [0.1, 0.15) is 15.9 Å². The van der Waals surface area contributed by atoms with Crippen LogP contribution >= 0.6 is 22.6 Å². The smallest absolute Gasteiger partial charge is 0.256 e. The maximum absolute atomic E-state index is 12.4. The van der Waals surface area contributed by atoms with Gasteiger partial charge in [-0.1, -0.05) is 6.07 Å². The summed E-state index contributed by atoms with van der Waals surface area (Å²) in [4.78, 5) is 15.6. The van der Waals surface area contributed by atoms with Crippen LogP contribution in [0.25, 0.3) is 10.9 Å². The normalized spacial score (nSPS) is 10.7. The Morgan fingerprint density at radius 2 is 2.05 bits per heavy atom. The largest absolute Gasteiger partial charge is 0.361 e. The molecule has 100 valence electrons. The van der Waals surface area contributed by atoms with Gasteiger partial charge < -0.3 is 10.3 Å². The number of carbonyl (C=O) groups is 1. The fourth-order valence-electron chi connectivity index (χ4n) is 2.24. The lowest BCUT2D eigenvalue weighted by Gasteiger charge is -2.09. The Hall–Kier alpha value is -1.82. The van der Waals surface area contributed by atoms with E-state index in [1.165, 1.54) is 0 Å². The maximum atomic E-state index is 12.4. The Kier molecular flexibility index (Phi) is 3.48. The van der Waals surface area contributed by atoms with Crippen LogP contribution in [-0.2, 0) is 0 Å². The van der Waals surface area contributed by atoms with Crippen molar-refractivity contribution in [2.75, 3.05) is 5.32 Å². The number of aromatic nitrogens is 1. The topological polar surface area (TPSA) is 44.9 Å². The molecule has 0 radical (unpaired) electrons. The molecule has 0 aliphatic rings. The van der Waals surface area contributed by atoms with Gasteiger partial charge in [-0.3, -0.25) is 4.79 Å². The first-order valence-corrected chi connectivity index (χ1v) is 7.36. The molecule has 2 N–H and O–H groups in total. The van der Waals surface area contributed by atoms with Gasteiger partial charge in [0.15, 0.2) is 0 Å². The first-order chi connectivity index (χ1) is 9.65. The van der Waals surface area contributed by atoms with Crippen LogP contribution < -0.4 is 5.32 Å². The minimum atomic E-state index is -0.0838. The molecular formula is C16H13IN2O. The number of hydrogen-bond acceptors (Lipinski definition) is 1. The summed E-state index contributed by atoms with van der Waals surface area (Å²) in [6.45, 7) is 1.99. The third-order valence-electron chi connectivity index (χ3n) is 3.28. The van der Waals surface area contributed by atoms with Crippen molar-refractivity contribution in [2.24, 2.45) is 0 Å². The second-order valence-electron chi connectivity index (χ2n) is 4.66. The maximum Gasteiger partial charge on any atom is 0.256 e. The summed E-state index contributed by atoms with van der Waals surface area (Å²) in [7, 11) is 0. The molecule has 0 aliphatic carbocycles. The highest BCUT2D eigenvalue weighted by Gasteiger charge is 2.11. The van der Waals surface area contributed by atoms with Crippen molar-refractivity contribution in [1.82, 2.24) is 4.98 Å². The van der Waals surface area contributed by atoms with E-state index >= 15 is 0 Å². The van der Waals surface area contributed by atoms with Gasteiger partial charge in [-0.05, 0) is 71.5 Å². The highest BCUT2D eigenvalue weighted by molar-refractivity contribution is 14.1. The summed E-state index contributed by atoms with van der Waals surface area (Å²) < 4.78 is 1.16. The van der Waals surface area contributed by atoms with E-state index in [-0.39, 0.29) is 5.91 Å². The molecule has 0 saturated heterocycles. The van der Waals surface area contributed by atoms with Crippen LogP contribution in [0.3, 0.4) is 0 Å². The molecule has 0 unspecified atom stereocenters. The first-order valence-electron chi connectivity index (χ1n) is 6.29. The number of halogens is 1. The molecule has 0 saturated carbocycles. The number of carbonyl (C=O) groups excluding carboxylic acids is 1. The number of amides is 1. The van der Waals surface area contributed by atoms with Gasteiger partial charge in [-0.25, -0.2) is 0 Å². The molecule has 2 aromatic carbocycles. The standard InChI is InChI=1S/C16H13IN2O/c1-10-9-11(17)5-6-14(10)19-16(20)13-3-2-4-15-12(13)7-8-18-15/h2-9,18H,1H3,(H,19,20). The Morgan fingerprint density at radius 1 is 1.20 bits per heavy atom. The molecule has 0 aliphatic heterocycles. The molecule has 0 bridgehead atoms. The van der Waals surface area contributed by atoms with Crippen LogP contribution in [0, 0.1) is 10.5 Å². The number of anilines is 1. The van der Waals surface area contributed by atoms with Crippen LogP contribution in [0.15, 0.2) is 48.7 Å². The molecule has 0 fully saturated rings. The van der Waals surface area contributed by atoms with Gasteiger partial charge in [0.05, 0.1) is 0 Å². The summed E-state index contributed by atoms with van der Waals surface area (Å²) in [6, 6.07) is 13.6. The molecule has 0 atom stereocenters. The van der Waals surface area contributed by atoms with Crippen LogP contribution in [0.5, 0.6) is 0 Å². The molecule has 1 aromatic heterocycles. The van der Waals surface area contributed by atoms with Crippen LogP contribution in [0.2, 0.25) is 0 Å².